The SMILES string of the molecule is CN(C)C(=O)c1cccc(NC(=O)CNc2ccccc2CN(C)C2CCCCC2)c1. The molecule has 6 heteroatoms. The third-order valence-electron chi connectivity index (χ3n) is 5.87. The van der Waals surface area contributed by atoms with Crippen molar-refractivity contribution in [3.63, 3.8) is 0 Å². The highest BCUT2D eigenvalue weighted by molar-refractivity contribution is 5.98. The van der Waals surface area contributed by atoms with Gasteiger partial charge in [-0.3, -0.25) is 14.5 Å². The summed E-state index contributed by atoms with van der Waals surface area (Å²) in [5.41, 5.74) is 3.34. The number of benzene rings is 2. The number of nitrogens with zero attached hydrogens (tertiary/aromatic N) is 2. The standard InChI is InChI=1S/C25H34N4O2/c1-28(2)25(31)19-11-9-12-21(16-19)27-24(30)17-26-23-15-8-7-10-20(23)18-29(3)22-13-5-4-6-14-22/h7-12,15-16,22,26H,4-6,13-14,17-18H2,1-3H3,(H,27,30). The van der Waals surface area contributed by atoms with Crippen molar-refractivity contribution in [2.24, 2.45) is 0 Å². The van der Waals surface area contributed by atoms with Crippen molar-refractivity contribution in [1.29, 1.82) is 0 Å². The van der Waals surface area contributed by atoms with Crippen LogP contribution in [-0.2, 0) is 11.3 Å². The Hall–Kier alpha value is -2.86. The van der Waals surface area contributed by atoms with Gasteiger partial charge in [-0.1, -0.05) is 43.5 Å². The van der Waals surface area contributed by atoms with Gasteiger partial charge in [0.25, 0.3) is 5.91 Å². The lowest BCUT2D eigenvalue weighted by molar-refractivity contribution is -0.114. The number of nitrogens with one attached hydrogen (secondary N) is 2. The molecule has 3 rings (SSSR count). The van der Waals surface area contributed by atoms with Crippen LogP contribution in [0.3, 0.4) is 0 Å². The fraction of sp³-hybridized carbons (Fsp3) is 0.440. The van der Waals surface area contributed by atoms with Gasteiger partial charge < -0.3 is 15.5 Å². The van der Waals surface area contributed by atoms with Crippen LogP contribution in [0.4, 0.5) is 11.4 Å². The summed E-state index contributed by atoms with van der Waals surface area (Å²) in [6.45, 7) is 1.03. The molecule has 6 nitrogen and oxygen atoms in total. The average Bonchev–Trinajstić information content (AvgIpc) is 2.78. The average molecular weight is 423 g/mol. The van der Waals surface area contributed by atoms with E-state index in [9.17, 15) is 9.59 Å². The fourth-order valence-corrected chi connectivity index (χ4v) is 4.12. The van der Waals surface area contributed by atoms with Gasteiger partial charge in [0.1, 0.15) is 0 Å². The molecule has 0 aromatic heterocycles. The molecule has 2 aromatic carbocycles. The van der Waals surface area contributed by atoms with E-state index in [1.165, 1.54) is 42.6 Å². The summed E-state index contributed by atoms with van der Waals surface area (Å²) in [7, 11) is 5.61. The maximum absolute atomic E-state index is 12.5. The van der Waals surface area contributed by atoms with Gasteiger partial charge in [-0.25, -0.2) is 0 Å². The zero-order valence-corrected chi connectivity index (χ0v) is 18.9. The van der Waals surface area contributed by atoms with E-state index in [0.717, 1.165) is 12.2 Å². The monoisotopic (exact) mass is 422 g/mol. The van der Waals surface area contributed by atoms with Gasteiger partial charge in [-0.2, -0.15) is 0 Å². The second kappa shape index (κ2) is 11.0. The van der Waals surface area contributed by atoms with E-state index >= 15 is 0 Å². The Labute approximate surface area is 185 Å². The Balaban J connectivity index is 1.57. The topological polar surface area (TPSA) is 64.7 Å². The van der Waals surface area contributed by atoms with Crippen molar-refractivity contribution in [2.45, 2.75) is 44.7 Å². The van der Waals surface area contributed by atoms with Crippen molar-refractivity contribution < 1.29 is 9.59 Å². The molecule has 0 bridgehead atoms. The van der Waals surface area contributed by atoms with E-state index in [0.29, 0.717) is 17.3 Å². The van der Waals surface area contributed by atoms with Crippen molar-refractivity contribution in [2.75, 3.05) is 38.3 Å². The Bertz CT molecular complexity index is 891. The lowest BCUT2D eigenvalue weighted by Gasteiger charge is -2.31. The van der Waals surface area contributed by atoms with Crippen molar-refractivity contribution in [1.82, 2.24) is 9.80 Å². The van der Waals surface area contributed by atoms with Crippen LogP contribution in [0, 0.1) is 0 Å². The molecule has 0 saturated heterocycles. The largest absolute Gasteiger partial charge is 0.376 e. The summed E-state index contributed by atoms with van der Waals surface area (Å²) < 4.78 is 0. The van der Waals surface area contributed by atoms with Crippen LogP contribution in [0.5, 0.6) is 0 Å². The molecule has 0 spiro atoms. The summed E-state index contributed by atoms with van der Waals surface area (Å²) in [6, 6.07) is 15.8. The number of rotatable bonds is 8. The lowest BCUT2D eigenvalue weighted by atomic mass is 9.94. The zero-order chi connectivity index (χ0) is 22.2. The summed E-state index contributed by atoms with van der Waals surface area (Å²) in [5, 5.41) is 6.16. The maximum Gasteiger partial charge on any atom is 0.253 e. The molecule has 2 amide bonds. The van der Waals surface area contributed by atoms with Gasteiger partial charge in [0.15, 0.2) is 0 Å². The van der Waals surface area contributed by atoms with Crippen LogP contribution in [0.2, 0.25) is 0 Å². The number of amides is 2. The third kappa shape index (κ3) is 6.56. The molecule has 0 aliphatic heterocycles. The minimum absolute atomic E-state index is 0.0924. The molecule has 0 unspecified atom stereocenters. The minimum atomic E-state index is -0.148. The van der Waals surface area contributed by atoms with Gasteiger partial charge in [0, 0.05) is 43.6 Å². The molecule has 0 radical (unpaired) electrons. The Morgan fingerprint density at radius 1 is 0.968 bits per heavy atom. The van der Waals surface area contributed by atoms with Crippen LogP contribution >= 0.6 is 0 Å². The quantitative estimate of drug-likeness (QED) is 0.669. The van der Waals surface area contributed by atoms with Gasteiger partial charge in [-0.15, -0.1) is 0 Å². The van der Waals surface area contributed by atoms with Crippen LogP contribution in [0.25, 0.3) is 0 Å². The minimum Gasteiger partial charge on any atom is -0.376 e. The lowest BCUT2D eigenvalue weighted by Crippen LogP contribution is -2.33. The van der Waals surface area contributed by atoms with Crippen molar-refractivity contribution >= 4 is 23.2 Å². The van der Waals surface area contributed by atoms with E-state index < -0.39 is 0 Å². The van der Waals surface area contributed by atoms with Crippen molar-refractivity contribution in [3.8, 4) is 0 Å². The maximum atomic E-state index is 12.5. The highest BCUT2D eigenvalue weighted by atomic mass is 16.2. The first kappa shape index (κ1) is 22.8. The molecular weight excluding hydrogens is 388 g/mol. The van der Waals surface area contributed by atoms with Crippen LogP contribution in [0.15, 0.2) is 48.5 Å². The second-order valence-corrected chi connectivity index (χ2v) is 8.55. The zero-order valence-electron chi connectivity index (χ0n) is 18.9. The molecule has 0 heterocycles. The van der Waals surface area contributed by atoms with E-state index in [1.54, 1.807) is 38.4 Å². The number of hydrogen-bond donors (Lipinski definition) is 2. The summed E-state index contributed by atoms with van der Waals surface area (Å²) in [4.78, 5) is 28.6. The Kier molecular flexibility index (Phi) is 8.06. The van der Waals surface area contributed by atoms with Crippen LogP contribution in [-0.4, -0.2) is 55.3 Å². The third-order valence-corrected chi connectivity index (χ3v) is 5.87. The van der Waals surface area contributed by atoms with Gasteiger partial charge in [0.2, 0.25) is 5.91 Å². The first-order chi connectivity index (χ1) is 14.9. The normalized spacial score (nSPS) is 14.3. The van der Waals surface area contributed by atoms with E-state index in [-0.39, 0.29) is 18.4 Å². The molecule has 1 saturated carbocycles. The fourth-order valence-electron chi connectivity index (χ4n) is 4.12. The molecule has 1 fully saturated rings. The highest BCUT2D eigenvalue weighted by Crippen LogP contribution is 2.25. The molecule has 1 aliphatic carbocycles. The Morgan fingerprint density at radius 3 is 2.45 bits per heavy atom. The smallest absolute Gasteiger partial charge is 0.253 e. The molecule has 1 aliphatic rings. The first-order valence-electron chi connectivity index (χ1n) is 11.1. The predicted octanol–water partition coefficient (Wildman–Crippen LogP) is 4.20. The van der Waals surface area contributed by atoms with Gasteiger partial charge >= 0.3 is 0 Å². The second-order valence-electron chi connectivity index (χ2n) is 8.55. The summed E-state index contributed by atoms with van der Waals surface area (Å²) in [6.07, 6.45) is 6.52. The van der Waals surface area contributed by atoms with Gasteiger partial charge in [0.05, 0.1) is 6.54 Å². The van der Waals surface area contributed by atoms with Crippen LogP contribution < -0.4 is 10.6 Å². The van der Waals surface area contributed by atoms with E-state index in [2.05, 4.69) is 28.6 Å². The van der Waals surface area contributed by atoms with Gasteiger partial charge in [-0.05, 0) is 49.7 Å². The molecule has 2 aromatic rings. The predicted molar refractivity (Wildman–Crippen MR) is 126 cm³/mol. The number of para-hydroxylation sites is 1. The number of anilines is 2. The van der Waals surface area contributed by atoms with E-state index in [1.807, 2.05) is 18.2 Å². The molecule has 0 atom stereocenters. The molecule has 166 valence electrons. The number of carbonyl (C=O) groups is 2. The Morgan fingerprint density at radius 2 is 1.71 bits per heavy atom. The first-order valence-corrected chi connectivity index (χ1v) is 11.1. The summed E-state index contributed by atoms with van der Waals surface area (Å²) >= 11 is 0. The molecule has 31 heavy (non-hydrogen) atoms. The molecule has 2 N–H and O–H groups in total. The van der Waals surface area contributed by atoms with E-state index in [4.69, 9.17) is 0 Å². The number of hydrogen-bond acceptors (Lipinski definition) is 4. The highest BCUT2D eigenvalue weighted by Gasteiger charge is 2.19. The molecular formula is C25H34N4O2. The van der Waals surface area contributed by atoms with Crippen molar-refractivity contribution in [3.05, 3.63) is 59.7 Å². The van der Waals surface area contributed by atoms with Crippen LogP contribution in [0.1, 0.15) is 48.0 Å². The number of carbonyl (C=O) groups excluding carboxylic acids is 2. The summed E-state index contributed by atoms with van der Waals surface area (Å²) in [5.74, 6) is -0.241.